The van der Waals surface area contributed by atoms with Crippen LogP contribution in [0.15, 0.2) is 18.2 Å². The highest BCUT2D eigenvalue weighted by atomic mass is 19.1. The summed E-state index contributed by atoms with van der Waals surface area (Å²) in [4.78, 5) is 11.5. The Bertz CT molecular complexity index is 413. The van der Waals surface area contributed by atoms with Crippen molar-refractivity contribution in [2.24, 2.45) is 0 Å². The summed E-state index contributed by atoms with van der Waals surface area (Å²) in [7, 11) is 3.01. The second-order valence-corrected chi connectivity index (χ2v) is 3.90. The minimum Gasteiger partial charge on any atom is -0.494 e. The van der Waals surface area contributed by atoms with Crippen molar-refractivity contribution in [2.45, 2.75) is 6.42 Å². The molecule has 0 bridgehead atoms. The predicted molar refractivity (Wildman–Crippen MR) is 70.9 cm³/mol. The summed E-state index contributed by atoms with van der Waals surface area (Å²) in [5, 5.41) is 5.64. The van der Waals surface area contributed by atoms with Crippen molar-refractivity contribution in [2.75, 3.05) is 39.2 Å². The molecular formula is C13H19FN2O3. The Labute approximate surface area is 112 Å². The van der Waals surface area contributed by atoms with Crippen LogP contribution in [-0.2, 0) is 9.53 Å². The van der Waals surface area contributed by atoms with E-state index in [1.54, 1.807) is 13.2 Å². The van der Waals surface area contributed by atoms with Crippen LogP contribution in [0.3, 0.4) is 0 Å². The number of halogens is 1. The minimum absolute atomic E-state index is 0.126. The van der Waals surface area contributed by atoms with Gasteiger partial charge in [0.25, 0.3) is 0 Å². The highest BCUT2D eigenvalue weighted by Gasteiger charge is 2.05. The van der Waals surface area contributed by atoms with Gasteiger partial charge in [-0.25, -0.2) is 4.39 Å². The van der Waals surface area contributed by atoms with E-state index in [4.69, 9.17) is 9.47 Å². The van der Waals surface area contributed by atoms with E-state index in [0.29, 0.717) is 18.8 Å². The summed E-state index contributed by atoms with van der Waals surface area (Å²) in [6, 6.07) is 4.35. The molecule has 1 aromatic carbocycles. The van der Waals surface area contributed by atoms with Crippen LogP contribution in [0.2, 0.25) is 0 Å². The average molecular weight is 270 g/mol. The van der Waals surface area contributed by atoms with Gasteiger partial charge in [-0.15, -0.1) is 0 Å². The molecule has 1 amide bonds. The standard InChI is InChI=1S/C13H19FN2O3/c1-18-7-3-6-15-13(17)9-16-10-4-5-11(14)12(8-10)19-2/h4-5,8,16H,3,6-7,9H2,1-2H3,(H,15,17). The van der Waals surface area contributed by atoms with Crippen molar-refractivity contribution in [1.82, 2.24) is 5.32 Å². The van der Waals surface area contributed by atoms with E-state index < -0.39 is 5.82 Å². The largest absolute Gasteiger partial charge is 0.494 e. The van der Waals surface area contributed by atoms with E-state index in [9.17, 15) is 9.18 Å². The Morgan fingerprint density at radius 2 is 2.16 bits per heavy atom. The third kappa shape index (κ3) is 5.56. The number of hydrogen-bond donors (Lipinski definition) is 2. The van der Waals surface area contributed by atoms with Crippen molar-refractivity contribution in [1.29, 1.82) is 0 Å². The average Bonchev–Trinajstić information content (AvgIpc) is 2.42. The number of benzene rings is 1. The van der Waals surface area contributed by atoms with Crippen molar-refractivity contribution in [3.05, 3.63) is 24.0 Å². The number of carbonyl (C=O) groups is 1. The molecule has 0 saturated heterocycles. The Balaban J connectivity index is 2.33. The van der Waals surface area contributed by atoms with Gasteiger partial charge in [-0.05, 0) is 18.6 Å². The van der Waals surface area contributed by atoms with E-state index in [-0.39, 0.29) is 18.2 Å². The van der Waals surface area contributed by atoms with Gasteiger partial charge in [0.05, 0.1) is 13.7 Å². The first-order valence-electron chi connectivity index (χ1n) is 6.00. The lowest BCUT2D eigenvalue weighted by Crippen LogP contribution is -2.31. The Morgan fingerprint density at radius 3 is 2.84 bits per heavy atom. The quantitative estimate of drug-likeness (QED) is 0.701. The van der Waals surface area contributed by atoms with Gasteiger partial charge in [-0.2, -0.15) is 0 Å². The number of hydrogen-bond acceptors (Lipinski definition) is 4. The molecule has 0 radical (unpaired) electrons. The molecule has 106 valence electrons. The van der Waals surface area contributed by atoms with E-state index in [1.807, 2.05) is 0 Å². The lowest BCUT2D eigenvalue weighted by molar-refractivity contribution is -0.119. The Hall–Kier alpha value is -1.82. The molecule has 0 unspecified atom stereocenters. The van der Waals surface area contributed by atoms with E-state index in [1.165, 1.54) is 19.2 Å². The number of amides is 1. The first kappa shape index (κ1) is 15.2. The SMILES string of the molecule is COCCCNC(=O)CNc1ccc(F)c(OC)c1. The summed E-state index contributed by atoms with van der Waals surface area (Å²) in [5.41, 5.74) is 0.630. The van der Waals surface area contributed by atoms with Crippen molar-refractivity contribution in [3.8, 4) is 5.75 Å². The first-order chi connectivity index (χ1) is 9.17. The molecule has 0 aromatic heterocycles. The highest BCUT2D eigenvalue weighted by molar-refractivity contribution is 5.80. The first-order valence-corrected chi connectivity index (χ1v) is 6.00. The van der Waals surface area contributed by atoms with Crippen LogP contribution in [0.1, 0.15) is 6.42 Å². The molecule has 0 aliphatic carbocycles. The second-order valence-electron chi connectivity index (χ2n) is 3.90. The van der Waals surface area contributed by atoms with Crippen LogP contribution >= 0.6 is 0 Å². The zero-order valence-electron chi connectivity index (χ0n) is 11.2. The fourth-order valence-electron chi connectivity index (χ4n) is 1.46. The lowest BCUT2D eigenvalue weighted by atomic mass is 10.3. The maximum atomic E-state index is 13.2. The van der Waals surface area contributed by atoms with Gasteiger partial charge in [-0.3, -0.25) is 4.79 Å². The number of methoxy groups -OCH3 is 2. The third-order valence-corrected chi connectivity index (χ3v) is 2.45. The number of rotatable bonds is 8. The van der Waals surface area contributed by atoms with Gasteiger partial charge in [0.2, 0.25) is 5.91 Å². The monoisotopic (exact) mass is 270 g/mol. The van der Waals surface area contributed by atoms with Crippen LogP contribution in [0.5, 0.6) is 5.75 Å². The predicted octanol–water partition coefficient (Wildman–Crippen LogP) is 1.40. The fraction of sp³-hybridized carbons (Fsp3) is 0.462. The van der Waals surface area contributed by atoms with Crippen LogP contribution in [0.25, 0.3) is 0 Å². The van der Waals surface area contributed by atoms with Crippen molar-refractivity contribution in [3.63, 3.8) is 0 Å². The normalized spacial score (nSPS) is 10.1. The number of nitrogens with one attached hydrogen (secondary N) is 2. The van der Waals surface area contributed by atoms with Crippen molar-refractivity contribution < 1.29 is 18.7 Å². The molecule has 0 atom stereocenters. The van der Waals surface area contributed by atoms with Crippen molar-refractivity contribution >= 4 is 11.6 Å². The summed E-state index contributed by atoms with van der Waals surface area (Å²) in [5.74, 6) is -0.415. The van der Waals surface area contributed by atoms with Gasteiger partial charge in [-0.1, -0.05) is 0 Å². The molecule has 0 heterocycles. The second kappa shape index (κ2) is 8.31. The number of carbonyl (C=O) groups excluding carboxylic acids is 1. The lowest BCUT2D eigenvalue weighted by Gasteiger charge is -2.09. The molecule has 19 heavy (non-hydrogen) atoms. The van der Waals surface area contributed by atoms with Gasteiger partial charge >= 0.3 is 0 Å². The van der Waals surface area contributed by atoms with Gasteiger partial charge in [0.15, 0.2) is 11.6 Å². The zero-order chi connectivity index (χ0) is 14.1. The van der Waals surface area contributed by atoms with Crippen LogP contribution in [0.4, 0.5) is 10.1 Å². The van der Waals surface area contributed by atoms with Gasteiger partial charge in [0, 0.05) is 32.0 Å². The van der Waals surface area contributed by atoms with Gasteiger partial charge < -0.3 is 20.1 Å². The van der Waals surface area contributed by atoms with E-state index in [2.05, 4.69) is 10.6 Å². The number of ether oxygens (including phenoxy) is 2. The maximum Gasteiger partial charge on any atom is 0.239 e. The minimum atomic E-state index is -0.433. The van der Waals surface area contributed by atoms with E-state index >= 15 is 0 Å². The zero-order valence-corrected chi connectivity index (χ0v) is 11.2. The van der Waals surface area contributed by atoms with Crippen LogP contribution < -0.4 is 15.4 Å². The van der Waals surface area contributed by atoms with Crippen LogP contribution in [0, 0.1) is 5.82 Å². The Kier molecular flexibility index (Phi) is 6.67. The highest BCUT2D eigenvalue weighted by Crippen LogP contribution is 2.21. The molecule has 6 heteroatoms. The smallest absolute Gasteiger partial charge is 0.239 e. The summed E-state index contributed by atoms with van der Waals surface area (Å²) in [6.07, 6.45) is 0.770. The molecule has 0 aliphatic rings. The molecular weight excluding hydrogens is 251 g/mol. The van der Waals surface area contributed by atoms with E-state index in [0.717, 1.165) is 6.42 Å². The summed E-state index contributed by atoms with van der Waals surface area (Å²) < 4.78 is 22.9. The third-order valence-electron chi connectivity index (χ3n) is 2.45. The Morgan fingerprint density at radius 1 is 1.37 bits per heavy atom. The molecule has 2 N–H and O–H groups in total. The molecule has 0 spiro atoms. The topological polar surface area (TPSA) is 59.6 Å². The fourth-order valence-corrected chi connectivity index (χ4v) is 1.46. The maximum absolute atomic E-state index is 13.2. The molecule has 0 fully saturated rings. The molecule has 0 aliphatic heterocycles. The number of anilines is 1. The summed E-state index contributed by atoms with van der Waals surface area (Å²) in [6.45, 7) is 1.31. The summed E-state index contributed by atoms with van der Waals surface area (Å²) >= 11 is 0. The molecule has 0 saturated carbocycles. The van der Waals surface area contributed by atoms with Gasteiger partial charge in [0.1, 0.15) is 0 Å². The molecule has 5 nitrogen and oxygen atoms in total. The molecule has 1 aromatic rings. The molecule has 1 rings (SSSR count). The van der Waals surface area contributed by atoms with Crippen LogP contribution in [-0.4, -0.2) is 39.8 Å².